The number of furan rings is 1. The second kappa shape index (κ2) is 4.57. The van der Waals surface area contributed by atoms with E-state index in [1.807, 2.05) is 18.4 Å². The third-order valence-corrected chi connectivity index (χ3v) is 3.14. The normalized spacial score (nSPS) is 12.9. The molecule has 0 spiro atoms. The number of hydrazine groups is 1. The first-order valence-electron chi connectivity index (χ1n) is 4.69. The van der Waals surface area contributed by atoms with E-state index >= 15 is 0 Å². The first kappa shape index (κ1) is 10.4. The van der Waals surface area contributed by atoms with E-state index in [1.165, 1.54) is 0 Å². The Morgan fingerprint density at radius 2 is 2.53 bits per heavy atom. The quantitative estimate of drug-likeness (QED) is 0.612. The lowest BCUT2D eigenvalue weighted by atomic mass is 10.1. The molecule has 0 radical (unpaired) electrons. The Morgan fingerprint density at radius 3 is 3.07 bits per heavy atom. The van der Waals surface area contributed by atoms with Gasteiger partial charge in [-0.05, 0) is 13.0 Å². The van der Waals surface area contributed by atoms with Crippen molar-refractivity contribution in [3.8, 4) is 0 Å². The fourth-order valence-electron chi connectivity index (χ4n) is 1.54. The van der Waals surface area contributed by atoms with Gasteiger partial charge in [-0.15, -0.1) is 11.3 Å². The van der Waals surface area contributed by atoms with Gasteiger partial charge in [-0.3, -0.25) is 11.3 Å². The van der Waals surface area contributed by atoms with E-state index < -0.39 is 0 Å². The third-order valence-electron chi connectivity index (χ3n) is 2.34. The number of hydrogen-bond donors (Lipinski definition) is 2. The number of nitrogens with zero attached hydrogens (tertiary/aromatic N) is 1. The van der Waals surface area contributed by atoms with E-state index in [0.29, 0.717) is 0 Å². The van der Waals surface area contributed by atoms with Crippen molar-refractivity contribution in [1.82, 2.24) is 10.4 Å². The largest absolute Gasteiger partial charge is 0.469 e. The Labute approximate surface area is 92.1 Å². The number of hydrogen-bond acceptors (Lipinski definition) is 5. The maximum Gasteiger partial charge on any atom is 0.105 e. The zero-order chi connectivity index (χ0) is 10.7. The smallest absolute Gasteiger partial charge is 0.105 e. The fourth-order valence-corrected chi connectivity index (χ4v) is 2.21. The van der Waals surface area contributed by atoms with E-state index in [2.05, 4.69) is 10.4 Å². The maximum atomic E-state index is 5.53. The van der Waals surface area contributed by atoms with Gasteiger partial charge in [0, 0.05) is 23.6 Å². The van der Waals surface area contributed by atoms with Gasteiger partial charge in [0.15, 0.2) is 0 Å². The van der Waals surface area contributed by atoms with E-state index in [0.717, 1.165) is 22.8 Å². The molecular weight excluding hydrogens is 210 g/mol. The van der Waals surface area contributed by atoms with Gasteiger partial charge < -0.3 is 4.42 Å². The average molecular weight is 223 g/mol. The molecule has 1 unspecified atom stereocenters. The Morgan fingerprint density at radius 1 is 1.67 bits per heavy atom. The molecular formula is C10H13N3OS. The van der Waals surface area contributed by atoms with Crippen molar-refractivity contribution in [2.45, 2.75) is 19.4 Å². The first-order chi connectivity index (χ1) is 7.31. The molecule has 15 heavy (non-hydrogen) atoms. The lowest BCUT2D eigenvalue weighted by molar-refractivity contribution is 0.501. The summed E-state index contributed by atoms with van der Waals surface area (Å²) in [7, 11) is 0. The molecule has 0 aliphatic rings. The number of rotatable bonds is 4. The minimum Gasteiger partial charge on any atom is -0.469 e. The zero-order valence-corrected chi connectivity index (χ0v) is 9.25. The summed E-state index contributed by atoms with van der Waals surface area (Å²) in [5, 5.41) is 3.03. The van der Waals surface area contributed by atoms with Crippen LogP contribution in [0.5, 0.6) is 0 Å². The number of aromatic nitrogens is 1. The van der Waals surface area contributed by atoms with Crippen molar-refractivity contribution in [1.29, 1.82) is 0 Å². The van der Waals surface area contributed by atoms with Crippen molar-refractivity contribution < 1.29 is 4.42 Å². The van der Waals surface area contributed by atoms with Crippen LogP contribution < -0.4 is 11.3 Å². The number of aryl methyl sites for hydroxylation is 1. The number of thiazole rings is 1. The SMILES string of the molecule is Cc1occc1C(Cc1nccs1)NN. The molecule has 1 atom stereocenters. The molecule has 3 N–H and O–H groups in total. The third kappa shape index (κ3) is 2.26. The van der Waals surface area contributed by atoms with Crippen molar-refractivity contribution in [2.75, 3.05) is 0 Å². The van der Waals surface area contributed by atoms with Crippen molar-refractivity contribution in [3.63, 3.8) is 0 Å². The first-order valence-corrected chi connectivity index (χ1v) is 5.57. The second-order valence-corrected chi connectivity index (χ2v) is 4.26. The maximum absolute atomic E-state index is 5.53. The second-order valence-electron chi connectivity index (χ2n) is 3.28. The molecule has 0 aliphatic carbocycles. The standard InChI is InChI=1S/C10H13N3OS/c1-7-8(2-4-14-7)9(13-11)6-10-12-3-5-15-10/h2-5,9,13H,6,11H2,1H3. The lowest BCUT2D eigenvalue weighted by Crippen LogP contribution is -2.29. The summed E-state index contributed by atoms with van der Waals surface area (Å²) in [6, 6.07) is 2.00. The Hall–Kier alpha value is -1.17. The highest BCUT2D eigenvalue weighted by Gasteiger charge is 2.15. The molecule has 0 aliphatic heterocycles. The van der Waals surface area contributed by atoms with Gasteiger partial charge in [0.05, 0.1) is 17.3 Å². The monoisotopic (exact) mass is 223 g/mol. The van der Waals surface area contributed by atoms with Crippen LogP contribution in [-0.2, 0) is 6.42 Å². The Kier molecular flexibility index (Phi) is 3.15. The van der Waals surface area contributed by atoms with E-state index in [4.69, 9.17) is 10.3 Å². The van der Waals surface area contributed by atoms with Gasteiger partial charge in [-0.2, -0.15) is 0 Å². The number of nitrogens with one attached hydrogen (secondary N) is 1. The minimum absolute atomic E-state index is 0.0647. The van der Waals surface area contributed by atoms with Crippen LogP contribution >= 0.6 is 11.3 Å². The molecule has 5 heteroatoms. The molecule has 0 fully saturated rings. The van der Waals surface area contributed by atoms with Crippen molar-refractivity contribution >= 4 is 11.3 Å². The highest BCUT2D eigenvalue weighted by atomic mass is 32.1. The molecule has 0 saturated carbocycles. The Balaban J connectivity index is 2.15. The molecule has 2 aromatic rings. The highest BCUT2D eigenvalue weighted by Crippen LogP contribution is 2.22. The highest BCUT2D eigenvalue weighted by molar-refractivity contribution is 7.09. The van der Waals surface area contributed by atoms with Crippen LogP contribution in [0.2, 0.25) is 0 Å². The summed E-state index contributed by atoms with van der Waals surface area (Å²) in [4.78, 5) is 4.24. The van der Waals surface area contributed by atoms with Gasteiger partial charge >= 0.3 is 0 Å². The molecule has 2 heterocycles. The summed E-state index contributed by atoms with van der Waals surface area (Å²) >= 11 is 1.63. The van der Waals surface area contributed by atoms with Crippen molar-refractivity contribution in [2.24, 2.45) is 5.84 Å². The molecule has 2 rings (SSSR count). The van der Waals surface area contributed by atoms with E-state index in [9.17, 15) is 0 Å². The van der Waals surface area contributed by atoms with Gasteiger partial charge in [0.2, 0.25) is 0 Å². The van der Waals surface area contributed by atoms with Crippen LogP contribution in [0.3, 0.4) is 0 Å². The van der Waals surface area contributed by atoms with Gasteiger partial charge in [0.25, 0.3) is 0 Å². The van der Waals surface area contributed by atoms with Gasteiger partial charge in [-0.1, -0.05) is 0 Å². The van der Waals surface area contributed by atoms with Gasteiger partial charge in [-0.25, -0.2) is 4.98 Å². The topological polar surface area (TPSA) is 64.1 Å². The van der Waals surface area contributed by atoms with Crippen LogP contribution in [0, 0.1) is 6.92 Å². The van der Waals surface area contributed by atoms with Crippen LogP contribution in [0.25, 0.3) is 0 Å². The minimum atomic E-state index is 0.0647. The summed E-state index contributed by atoms with van der Waals surface area (Å²) < 4.78 is 5.25. The van der Waals surface area contributed by atoms with Crippen LogP contribution in [0.4, 0.5) is 0 Å². The lowest BCUT2D eigenvalue weighted by Gasteiger charge is -2.13. The summed E-state index contributed by atoms with van der Waals surface area (Å²) in [5.41, 5.74) is 3.88. The van der Waals surface area contributed by atoms with Gasteiger partial charge in [0.1, 0.15) is 5.76 Å². The molecule has 0 saturated heterocycles. The zero-order valence-electron chi connectivity index (χ0n) is 8.43. The number of nitrogens with two attached hydrogens (primary N) is 1. The molecule has 80 valence electrons. The van der Waals surface area contributed by atoms with E-state index in [-0.39, 0.29) is 6.04 Å². The molecule has 0 aromatic carbocycles. The van der Waals surface area contributed by atoms with Crippen LogP contribution in [0.15, 0.2) is 28.3 Å². The molecule has 2 aromatic heterocycles. The van der Waals surface area contributed by atoms with E-state index in [1.54, 1.807) is 23.8 Å². The molecule has 4 nitrogen and oxygen atoms in total. The summed E-state index contributed by atoms with van der Waals surface area (Å²) in [5.74, 6) is 6.43. The van der Waals surface area contributed by atoms with Crippen LogP contribution in [-0.4, -0.2) is 4.98 Å². The molecule has 0 amide bonds. The fraction of sp³-hybridized carbons (Fsp3) is 0.300. The van der Waals surface area contributed by atoms with Crippen LogP contribution in [0.1, 0.15) is 22.4 Å². The Bertz CT molecular complexity index is 410. The molecule has 0 bridgehead atoms. The predicted molar refractivity (Wildman–Crippen MR) is 59.3 cm³/mol. The average Bonchev–Trinajstić information content (AvgIpc) is 2.85. The predicted octanol–water partition coefficient (Wildman–Crippen LogP) is 1.79. The summed E-state index contributed by atoms with van der Waals surface area (Å²) in [6.07, 6.45) is 4.27. The summed E-state index contributed by atoms with van der Waals surface area (Å²) in [6.45, 7) is 1.93. The van der Waals surface area contributed by atoms with Crippen molar-refractivity contribution in [3.05, 3.63) is 40.2 Å².